The van der Waals surface area contributed by atoms with Gasteiger partial charge in [0.05, 0.1) is 6.61 Å². The van der Waals surface area contributed by atoms with Crippen LogP contribution in [0.5, 0.6) is 0 Å². The van der Waals surface area contributed by atoms with Crippen LogP contribution in [0.2, 0.25) is 0 Å². The third kappa shape index (κ3) is 1.26. The van der Waals surface area contributed by atoms with Gasteiger partial charge in [-0.25, -0.2) is 0 Å². The van der Waals surface area contributed by atoms with Gasteiger partial charge in [0.1, 0.15) is 0 Å². The van der Waals surface area contributed by atoms with Crippen molar-refractivity contribution in [1.29, 1.82) is 0 Å². The Hall–Kier alpha value is -1.41. The highest BCUT2D eigenvalue weighted by molar-refractivity contribution is 5.86. The molecule has 0 aliphatic heterocycles. The summed E-state index contributed by atoms with van der Waals surface area (Å²) in [4.78, 5) is 4.14. The molecule has 1 aliphatic rings. The summed E-state index contributed by atoms with van der Waals surface area (Å²) in [6.07, 6.45) is 7.15. The Morgan fingerprint density at radius 2 is 2.12 bits per heavy atom. The van der Waals surface area contributed by atoms with Crippen LogP contribution in [-0.2, 0) is 5.41 Å². The first kappa shape index (κ1) is 9.79. The van der Waals surface area contributed by atoms with Crippen molar-refractivity contribution in [2.24, 2.45) is 0 Å². The molecule has 1 aromatic carbocycles. The van der Waals surface area contributed by atoms with Gasteiger partial charge < -0.3 is 5.11 Å². The molecule has 2 nitrogen and oxygen atoms in total. The van der Waals surface area contributed by atoms with Gasteiger partial charge in [-0.15, -0.1) is 0 Å². The molecule has 2 heteroatoms. The van der Waals surface area contributed by atoms with Gasteiger partial charge in [-0.3, -0.25) is 4.98 Å². The van der Waals surface area contributed by atoms with E-state index in [4.69, 9.17) is 0 Å². The molecule has 1 N–H and O–H groups in total. The second-order valence-corrected chi connectivity index (χ2v) is 4.69. The number of pyridine rings is 1. The predicted octanol–water partition coefficient (Wildman–Crippen LogP) is 2.65. The fraction of sp³-hybridized carbons (Fsp3) is 0.357. The van der Waals surface area contributed by atoms with Gasteiger partial charge in [-0.1, -0.05) is 24.6 Å². The van der Waals surface area contributed by atoms with Crippen LogP contribution in [0, 0.1) is 0 Å². The zero-order valence-electron chi connectivity index (χ0n) is 9.19. The first-order valence-electron chi connectivity index (χ1n) is 5.80. The Morgan fingerprint density at radius 3 is 2.81 bits per heavy atom. The van der Waals surface area contributed by atoms with E-state index in [0.29, 0.717) is 0 Å². The largest absolute Gasteiger partial charge is 0.395 e. The molecule has 0 radical (unpaired) electrons. The summed E-state index contributed by atoms with van der Waals surface area (Å²) in [6.45, 7) is 0.258. The first-order chi connectivity index (χ1) is 7.86. The molecule has 3 rings (SSSR count). The Labute approximate surface area is 94.9 Å². The minimum absolute atomic E-state index is 0.0147. The van der Waals surface area contributed by atoms with E-state index in [0.717, 1.165) is 12.8 Å². The van der Waals surface area contributed by atoms with Crippen molar-refractivity contribution in [3.63, 3.8) is 0 Å². The summed E-state index contributed by atoms with van der Waals surface area (Å²) in [7, 11) is 0. The van der Waals surface area contributed by atoms with E-state index >= 15 is 0 Å². The zero-order valence-corrected chi connectivity index (χ0v) is 9.19. The Kier molecular flexibility index (Phi) is 2.18. The third-order valence-corrected chi connectivity index (χ3v) is 3.87. The van der Waals surface area contributed by atoms with E-state index in [-0.39, 0.29) is 12.0 Å². The maximum atomic E-state index is 9.63. The van der Waals surface area contributed by atoms with Crippen molar-refractivity contribution in [3.05, 3.63) is 42.2 Å². The number of nitrogens with zero attached hydrogens (tertiary/aromatic N) is 1. The normalized spacial score (nSPS) is 18.3. The van der Waals surface area contributed by atoms with Crippen molar-refractivity contribution in [2.45, 2.75) is 24.7 Å². The topological polar surface area (TPSA) is 33.1 Å². The van der Waals surface area contributed by atoms with Crippen molar-refractivity contribution in [1.82, 2.24) is 4.98 Å². The monoisotopic (exact) mass is 213 g/mol. The van der Waals surface area contributed by atoms with E-state index in [1.165, 1.54) is 22.8 Å². The lowest BCUT2D eigenvalue weighted by atomic mass is 9.64. The molecule has 1 fully saturated rings. The second kappa shape index (κ2) is 3.56. The van der Waals surface area contributed by atoms with Crippen molar-refractivity contribution in [2.75, 3.05) is 6.61 Å². The van der Waals surface area contributed by atoms with Gasteiger partial charge in [0, 0.05) is 23.2 Å². The van der Waals surface area contributed by atoms with Crippen LogP contribution >= 0.6 is 0 Å². The van der Waals surface area contributed by atoms with Crippen LogP contribution in [0.15, 0.2) is 36.7 Å². The average Bonchev–Trinajstić information content (AvgIpc) is 2.29. The number of aliphatic hydroxyl groups is 1. The van der Waals surface area contributed by atoms with Crippen molar-refractivity contribution < 1.29 is 5.11 Å². The molecular formula is C14H15NO. The van der Waals surface area contributed by atoms with Crippen LogP contribution in [0.25, 0.3) is 10.8 Å². The molecule has 1 aromatic heterocycles. The highest BCUT2D eigenvalue weighted by Gasteiger charge is 2.38. The maximum Gasteiger partial charge on any atom is 0.0528 e. The number of benzene rings is 1. The highest BCUT2D eigenvalue weighted by Crippen LogP contribution is 2.45. The number of rotatable bonds is 2. The Balaban J connectivity index is 2.23. The summed E-state index contributed by atoms with van der Waals surface area (Å²) in [5.41, 5.74) is 1.31. The van der Waals surface area contributed by atoms with Gasteiger partial charge in [0.25, 0.3) is 0 Å². The standard InChI is InChI=1S/C14H15NO/c16-10-14(6-2-7-14)13-4-1-3-11-9-15-8-5-12(11)13/h1,3-5,8-9,16H,2,6-7,10H2. The summed E-state index contributed by atoms with van der Waals surface area (Å²) in [5.74, 6) is 0. The number of aromatic nitrogens is 1. The first-order valence-corrected chi connectivity index (χ1v) is 5.80. The predicted molar refractivity (Wildman–Crippen MR) is 64.4 cm³/mol. The molecular weight excluding hydrogens is 198 g/mol. The summed E-state index contributed by atoms with van der Waals surface area (Å²) in [5, 5.41) is 12.0. The van der Waals surface area contributed by atoms with E-state index in [1.54, 1.807) is 0 Å². The molecule has 16 heavy (non-hydrogen) atoms. The van der Waals surface area contributed by atoms with E-state index in [9.17, 15) is 5.11 Å². The summed E-state index contributed by atoms with van der Waals surface area (Å²) < 4.78 is 0. The molecule has 1 heterocycles. The number of fused-ring (bicyclic) bond motifs is 1. The lowest BCUT2D eigenvalue weighted by Crippen LogP contribution is -2.38. The average molecular weight is 213 g/mol. The summed E-state index contributed by atoms with van der Waals surface area (Å²) >= 11 is 0. The van der Waals surface area contributed by atoms with E-state index in [1.807, 2.05) is 12.4 Å². The molecule has 82 valence electrons. The fourth-order valence-corrected chi connectivity index (χ4v) is 2.70. The van der Waals surface area contributed by atoms with Gasteiger partial charge in [-0.05, 0) is 29.9 Å². The van der Waals surface area contributed by atoms with Gasteiger partial charge in [-0.2, -0.15) is 0 Å². The zero-order chi connectivity index (χ0) is 11.0. The van der Waals surface area contributed by atoms with E-state index in [2.05, 4.69) is 29.2 Å². The van der Waals surface area contributed by atoms with Crippen LogP contribution in [0.4, 0.5) is 0 Å². The van der Waals surface area contributed by atoms with Crippen molar-refractivity contribution >= 4 is 10.8 Å². The molecule has 1 saturated carbocycles. The van der Waals surface area contributed by atoms with Crippen LogP contribution in [0.3, 0.4) is 0 Å². The third-order valence-electron chi connectivity index (χ3n) is 3.87. The molecule has 0 spiro atoms. The van der Waals surface area contributed by atoms with Crippen LogP contribution in [0.1, 0.15) is 24.8 Å². The fourth-order valence-electron chi connectivity index (χ4n) is 2.70. The molecule has 0 amide bonds. The molecule has 0 saturated heterocycles. The lowest BCUT2D eigenvalue weighted by Gasteiger charge is -2.41. The molecule has 2 aromatic rings. The number of aliphatic hydroxyl groups excluding tert-OH is 1. The molecule has 0 bridgehead atoms. The van der Waals surface area contributed by atoms with E-state index < -0.39 is 0 Å². The summed E-state index contributed by atoms with van der Waals surface area (Å²) in [6, 6.07) is 8.35. The Morgan fingerprint density at radius 1 is 1.25 bits per heavy atom. The van der Waals surface area contributed by atoms with Crippen molar-refractivity contribution in [3.8, 4) is 0 Å². The molecule has 1 aliphatic carbocycles. The minimum atomic E-state index is 0.0147. The highest BCUT2D eigenvalue weighted by atomic mass is 16.3. The number of hydrogen-bond acceptors (Lipinski definition) is 2. The SMILES string of the molecule is OCC1(c2cccc3cnccc23)CCC1. The maximum absolute atomic E-state index is 9.63. The smallest absolute Gasteiger partial charge is 0.0528 e. The van der Waals surface area contributed by atoms with Gasteiger partial charge in [0.2, 0.25) is 0 Å². The van der Waals surface area contributed by atoms with Gasteiger partial charge in [0.15, 0.2) is 0 Å². The number of hydrogen-bond donors (Lipinski definition) is 1. The van der Waals surface area contributed by atoms with Crippen LogP contribution < -0.4 is 0 Å². The van der Waals surface area contributed by atoms with Crippen LogP contribution in [-0.4, -0.2) is 16.7 Å². The van der Waals surface area contributed by atoms with Gasteiger partial charge >= 0.3 is 0 Å². The molecule has 0 atom stereocenters. The quantitative estimate of drug-likeness (QED) is 0.832. The molecule has 0 unspecified atom stereocenters. The second-order valence-electron chi connectivity index (χ2n) is 4.69. The minimum Gasteiger partial charge on any atom is -0.395 e. The lowest BCUT2D eigenvalue weighted by molar-refractivity contribution is 0.121. The Bertz CT molecular complexity index is 506.